The number of fused-ring (bicyclic) bond motifs is 1. The maximum atomic E-state index is 13.0. The Hall–Kier alpha value is -4.67. The monoisotopic (exact) mass is 440 g/mol. The van der Waals surface area contributed by atoms with Gasteiger partial charge >= 0.3 is 0 Å². The zero-order valence-corrected chi connectivity index (χ0v) is 17.9. The van der Waals surface area contributed by atoms with E-state index in [1.54, 1.807) is 35.6 Å². The highest BCUT2D eigenvalue weighted by Gasteiger charge is 2.21. The number of anilines is 1. The number of rotatable bonds is 5. The average Bonchev–Trinajstić information content (AvgIpc) is 3.45. The molecule has 0 unspecified atom stereocenters. The SMILES string of the molecule is C[C@@H](NC(=O)c1nc(-c2cnn(C)c2)cnc1N)c1nnc2ccc(-c3ccccc3)nn12. The van der Waals surface area contributed by atoms with Gasteiger partial charge in [0.1, 0.15) is 0 Å². The highest BCUT2D eigenvalue weighted by molar-refractivity contribution is 5.97. The van der Waals surface area contributed by atoms with Gasteiger partial charge in [0, 0.05) is 24.4 Å². The van der Waals surface area contributed by atoms with Gasteiger partial charge in [-0.25, -0.2) is 9.97 Å². The normalized spacial score (nSPS) is 12.1. The Balaban J connectivity index is 1.43. The highest BCUT2D eigenvalue weighted by Crippen LogP contribution is 2.20. The van der Waals surface area contributed by atoms with Gasteiger partial charge in [-0.15, -0.1) is 10.2 Å². The van der Waals surface area contributed by atoms with Crippen LogP contribution in [0.15, 0.2) is 61.1 Å². The van der Waals surface area contributed by atoms with Crippen LogP contribution in [0.25, 0.3) is 28.2 Å². The first kappa shape index (κ1) is 20.2. The van der Waals surface area contributed by atoms with Crippen molar-refractivity contribution in [2.45, 2.75) is 13.0 Å². The average molecular weight is 440 g/mol. The number of hydrogen-bond donors (Lipinski definition) is 2. The predicted molar refractivity (Wildman–Crippen MR) is 121 cm³/mol. The molecule has 0 aliphatic carbocycles. The highest BCUT2D eigenvalue weighted by atomic mass is 16.2. The first-order valence-corrected chi connectivity index (χ1v) is 10.2. The van der Waals surface area contributed by atoms with Crippen molar-refractivity contribution >= 4 is 17.4 Å². The summed E-state index contributed by atoms with van der Waals surface area (Å²) < 4.78 is 3.26. The number of benzene rings is 1. The summed E-state index contributed by atoms with van der Waals surface area (Å²) in [7, 11) is 1.80. The van der Waals surface area contributed by atoms with Crippen molar-refractivity contribution in [2.75, 3.05) is 5.73 Å². The maximum Gasteiger partial charge on any atom is 0.274 e. The van der Waals surface area contributed by atoms with Crippen molar-refractivity contribution in [2.24, 2.45) is 7.05 Å². The number of carbonyl (C=O) groups excluding carboxylic acids is 1. The van der Waals surface area contributed by atoms with Crippen LogP contribution < -0.4 is 11.1 Å². The van der Waals surface area contributed by atoms with Gasteiger partial charge in [0.2, 0.25) is 0 Å². The largest absolute Gasteiger partial charge is 0.382 e. The molecule has 11 nitrogen and oxygen atoms in total. The molecule has 1 atom stereocenters. The molecular weight excluding hydrogens is 420 g/mol. The number of aryl methyl sites for hydroxylation is 1. The molecule has 11 heteroatoms. The fraction of sp³-hybridized carbons (Fsp3) is 0.136. The number of nitrogen functional groups attached to an aromatic ring is 1. The van der Waals surface area contributed by atoms with Crippen molar-refractivity contribution < 1.29 is 4.79 Å². The summed E-state index contributed by atoms with van der Waals surface area (Å²) in [6.07, 6.45) is 4.93. The minimum atomic E-state index is -0.519. The Labute approximate surface area is 188 Å². The van der Waals surface area contributed by atoms with Crippen LogP contribution in [0, 0.1) is 0 Å². The second-order valence-corrected chi connectivity index (χ2v) is 7.50. The van der Waals surface area contributed by atoms with Gasteiger partial charge in [0.05, 0.1) is 29.8 Å². The Kier molecular flexibility index (Phi) is 4.98. The third-order valence-corrected chi connectivity index (χ3v) is 5.11. The molecule has 0 bridgehead atoms. The Bertz CT molecular complexity index is 1460. The van der Waals surface area contributed by atoms with Gasteiger partial charge in [-0.2, -0.15) is 14.7 Å². The molecule has 1 aromatic carbocycles. The molecule has 4 aromatic heterocycles. The summed E-state index contributed by atoms with van der Waals surface area (Å²) in [5.41, 5.74) is 9.49. The van der Waals surface area contributed by atoms with Crippen LogP contribution >= 0.6 is 0 Å². The first-order valence-electron chi connectivity index (χ1n) is 10.2. The molecule has 0 fully saturated rings. The molecule has 1 amide bonds. The van der Waals surface area contributed by atoms with Crippen LogP contribution in [0.3, 0.4) is 0 Å². The molecule has 5 rings (SSSR count). The lowest BCUT2D eigenvalue weighted by Gasteiger charge is -2.13. The second-order valence-electron chi connectivity index (χ2n) is 7.50. The summed E-state index contributed by atoms with van der Waals surface area (Å²) in [5, 5.41) is 20.0. The van der Waals surface area contributed by atoms with Gasteiger partial charge in [-0.05, 0) is 19.1 Å². The Morgan fingerprint density at radius 2 is 1.85 bits per heavy atom. The molecule has 164 valence electrons. The number of nitrogens with one attached hydrogen (secondary N) is 1. The molecule has 4 heterocycles. The number of hydrogen-bond acceptors (Lipinski definition) is 8. The number of nitrogens with two attached hydrogens (primary N) is 1. The van der Waals surface area contributed by atoms with Crippen LogP contribution in [0.5, 0.6) is 0 Å². The third kappa shape index (κ3) is 3.87. The van der Waals surface area contributed by atoms with E-state index in [1.165, 1.54) is 6.20 Å². The maximum absolute atomic E-state index is 13.0. The molecule has 3 N–H and O–H groups in total. The molecule has 0 spiro atoms. The van der Waals surface area contributed by atoms with Crippen LogP contribution in [0.2, 0.25) is 0 Å². The lowest BCUT2D eigenvalue weighted by molar-refractivity contribution is 0.0933. The molecule has 33 heavy (non-hydrogen) atoms. The van der Waals surface area contributed by atoms with E-state index in [-0.39, 0.29) is 11.5 Å². The standard InChI is InChI=1S/C22H20N10O/c1-13(21-29-28-18-9-8-16(30-32(18)21)14-6-4-3-5-7-14)26-22(33)19-20(23)24-11-17(27-19)15-10-25-31(2)12-15/h3-13H,1-2H3,(H2,23,24)(H,26,33)/t13-/m1/s1. The van der Waals surface area contributed by atoms with Crippen molar-refractivity contribution in [1.82, 2.24) is 44.9 Å². The topological polar surface area (TPSA) is 142 Å². The van der Waals surface area contributed by atoms with Crippen molar-refractivity contribution in [3.05, 3.63) is 72.6 Å². The molecule has 0 saturated carbocycles. The lowest BCUT2D eigenvalue weighted by atomic mass is 10.1. The molecule has 0 radical (unpaired) electrons. The summed E-state index contributed by atoms with van der Waals surface area (Å²) >= 11 is 0. The van der Waals surface area contributed by atoms with Crippen molar-refractivity contribution in [1.29, 1.82) is 0 Å². The molecule has 0 saturated heterocycles. The number of aromatic nitrogens is 8. The van der Waals surface area contributed by atoms with Crippen LogP contribution in [-0.2, 0) is 7.05 Å². The summed E-state index contributed by atoms with van der Waals surface area (Å²) in [4.78, 5) is 21.5. The quantitative estimate of drug-likeness (QED) is 0.423. The van der Waals surface area contributed by atoms with Crippen LogP contribution in [0.4, 0.5) is 5.82 Å². The zero-order valence-electron chi connectivity index (χ0n) is 17.9. The van der Waals surface area contributed by atoms with Crippen LogP contribution in [-0.4, -0.2) is 45.5 Å². The van der Waals surface area contributed by atoms with E-state index in [4.69, 9.17) is 5.73 Å². The van der Waals surface area contributed by atoms with E-state index in [9.17, 15) is 4.79 Å². The van der Waals surface area contributed by atoms with E-state index in [1.807, 2.05) is 42.5 Å². The van der Waals surface area contributed by atoms with Gasteiger partial charge in [-0.1, -0.05) is 30.3 Å². The zero-order chi connectivity index (χ0) is 22.9. The number of carbonyl (C=O) groups is 1. The van der Waals surface area contributed by atoms with E-state index in [0.29, 0.717) is 17.2 Å². The fourth-order valence-electron chi connectivity index (χ4n) is 3.43. The number of amides is 1. The van der Waals surface area contributed by atoms with Crippen molar-refractivity contribution in [3.63, 3.8) is 0 Å². The minimum Gasteiger partial charge on any atom is -0.382 e. The molecule has 5 aromatic rings. The van der Waals surface area contributed by atoms with Crippen molar-refractivity contribution in [3.8, 4) is 22.5 Å². The van der Waals surface area contributed by atoms with Gasteiger partial charge < -0.3 is 11.1 Å². The molecule has 0 aliphatic heterocycles. The summed E-state index contributed by atoms with van der Waals surface area (Å²) in [6, 6.07) is 13.0. The first-order chi connectivity index (χ1) is 16.0. The Morgan fingerprint density at radius 3 is 2.61 bits per heavy atom. The van der Waals surface area contributed by atoms with Gasteiger partial charge in [0.25, 0.3) is 5.91 Å². The predicted octanol–water partition coefficient (Wildman–Crippen LogP) is 2.05. The number of nitrogens with zero attached hydrogens (tertiary/aromatic N) is 8. The second kappa shape index (κ2) is 8.11. The van der Waals surface area contributed by atoms with E-state index in [0.717, 1.165) is 16.8 Å². The molecule has 0 aliphatic rings. The van der Waals surface area contributed by atoms with E-state index >= 15 is 0 Å². The Morgan fingerprint density at radius 1 is 1.03 bits per heavy atom. The van der Waals surface area contributed by atoms with Gasteiger partial charge in [0.15, 0.2) is 23.0 Å². The third-order valence-electron chi connectivity index (χ3n) is 5.11. The minimum absolute atomic E-state index is 0.0231. The smallest absolute Gasteiger partial charge is 0.274 e. The summed E-state index contributed by atoms with van der Waals surface area (Å²) in [6.45, 7) is 1.79. The lowest BCUT2D eigenvalue weighted by Crippen LogP contribution is -2.30. The molecular formula is C22H20N10O. The summed E-state index contributed by atoms with van der Waals surface area (Å²) in [5.74, 6) is 0.0308. The fourth-order valence-corrected chi connectivity index (χ4v) is 3.43. The van der Waals surface area contributed by atoms with E-state index in [2.05, 4.69) is 35.7 Å². The van der Waals surface area contributed by atoms with E-state index < -0.39 is 11.9 Å². The van der Waals surface area contributed by atoms with Crippen LogP contribution in [0.1, 0.15) is 29.3 Å². The van der Waals surface area contributed by atoms with Gasteiger partial charge in [-0.3, -0.25) is 9.48 Å².